The van der Waals surface area contributed by atoms with E-state index in [9.17, 15) is 0 Å². The van der Waals surface area contributed by atoms with Crippen molar-refractivity contribution in [3.05, 3.63) is 23.9 Å². The van der Waals surface area contributed by atoms with Crippen LogP contribution in [0.25, 0.3) is 0 Å². The van der Waals surface area contributed by atoms with E-state index in [2.05, 4.69) is 16.0 Å². The maximum atomic E-state index is 8.86. The first-order chi connectivity index (χ1) is 7.90. The van der Waals surface area contributed by atoms with Gasteiger partial charge in [0.2, 0.25) is 0 Å². The van der Waals surface area contributed by atoms with Gasteiger partial charge in [-0.1, -0.05) is 19.3 Å². The zero-order valence-electron chi connectivity index (χ0n) is 9.52. The van der Waals surface area contributed by atoms with Gasteiger partial charge in [-0.3, -0.25) is 0 Å². The van der Waals surface area contributed by atoms with Crippen LogP contribution in [0.1, 0.15) is 37.7 Å². The normalized spacial score (nSPS) is 17.3. The lowest BCUT2D eigenvalue weighted by molar-refractivity contribution is 0.554. The maximum absolute atomic E-state index is 8.86. The van der Waals surface area contributed by atoms with Crippen LogP contribution in [0.5, 0.6) is 0 Å². The zero-order valence-corrected chi connectivity index (χ0v) is 9.52. The predicted molar refractivity (Wildman–Crippen MR) is 64.3 cm³/mol. The first-order valence-corrected chi connectivity index (χ1v) is 6.01. The van der Waals surface area contributed by atoms with Gasteiger partial charge in [-0.25, -0.2) is 4.98 Å². The van der Waals surface area contributed by atoms with Crippen LogP contribution >= 0.6 is 0 Å². The molecule has 0 radical (unpaired) electrons. The minimum atomic E-state index is 0.701. The van der Waals surface area contributed by atoms with Crippen LogP contribution in [0, 0.1) is 11.3 Å². The van der Waals surface area contributed by atoms with Gasteiger partial charge in [0.25, 0.3) is 0 Å². The van der Waals surface area contributed by atoms with Gasteiger partial charge < -0.3 is 4.90 Å². The topological polar surface area (TPSA) is 39.9 Å². The van der Waals surface area contributed by atoms with E-state index >= 15 is 0 Å². The summed E-state index contributed by atoms with van der Waals surface area (Å²) in [6.07, 6.45) is 8.19. The second-order valence-electron chi connectivity index (χ2n) is 4.27. The number of aromatic nitrogens is 1. The van der Waals surface area contributed by atoms with Crippen LogP contribution in [-0.2, 0) is 0 Å². The number of pyridine rings is 1. The fourth-order valence-electron chi connectivity index (χ4n) is 2.14. The Morgan fingerprint density at radius 3 is 2.50 bits per heavy atom. The number of hydrogen-bond acceptors (Lipinski definition) is 3. The van der Waals surface area contributed by atoms with Crippen molar-refractivity contribution in [3.63, 3.8) is 0 Å². The first kappa shape index (κ1) is 10.9. The van der Waals surface area contributed by atoms with E-state index in [0.29, 0.717) is 5.56 Å². The molecule has 1 aromatic rings. The summed E-state index contributed by atoms with van der Waals surface area (Å²) in [7, 11) is 0. The summed E-state index contributed by atoms with van der Waals surface area (Å²) >= 11 is 0. The molecule has 0 spiro atoms. The molecule has 0 bridgehead atoms. The molecule has 16 heavy (non-hydrogen) atoms. The van der Waals surface area contributed by atoms with Gasteiger partial charge in [-0.2, -0.15) is 5.26 Å². The average Bonchev–Trinajstić information content (AvgIpc) is 2.29. The molecule has 0 saturated carbocycles. The Balaban J connectivity index is 2.11. The van der Waals surface area contributed by atoms with Crippen molar-refractivity contribution in [1.29, 1.82) is 5.26 Å². The highest BCUT2D eigenvalue weighted by Gasteiger charge is 2.10. The van der Waals surface area contributed by atoms with Crippen molar-refractivity contribution in [3.8, 4) is 6.07 Å². The van der Waals surface area contributed by atoms with Crippen LogP contribution in [0.2, 0.25) is 0 Å². The van der Waals surface area contributed by atoms with Crippen LogP contribution in [0.4, 0.5) is 5.82 Å². The van der Waals surface area contributed by atoms with Crippen LogP contribution in [0.3, 0.4) is 0 Å². The highest BCUT2D eigenvalue weighted by atomic mass is 15.2. The second kappa shape index (κ2) is 5.50. The predicted octanol–water partition coefficient (Wildman–Crippen LogP) is 2.72. The van der Waals surface area contributed by atoms with E-state index < -0.39 is 0 Å². The molecule has 2 heterocycles. The van der Waals surface area contributed by atoms with E-state index in [0.717, 1.165) is 18.9 Å². The monoisotopic (exact) mass is 215 g/mol. The number of anilines is 1. The number of hydrogen-bond donors (Lipinski definition) is 0. The summed E-state index contributed by atoms with van der Waals surface area (Å²) in [5, 5.41) is 8.86. The molecule has 0 atom stereocenters. The Labute approximate surface area is 96.7 Å². The molecule has 1 aliphatic heterocycles. The van der Waals surface area contributed by atoms with Crippen molar-refractivity contribution >= 4 is 5.82 Å². The van der Waals surface area contributed by atoms with Gasteiger partial charge in [0, 0.05) is 19.3 Å². The molecule has 0 N–H and O–H groups in total. The van der Waals surface area contributed by atoms with Crippen molar-refractivity contribution in [2.24, 2.45) is 0 Å². The summed E-state index contributed by atoms with van der Waals surface area (Å²) in [4.78, 5) is 6.66. The SMILES string of the molecule is N#Cc1ccnc(N2CCCCCCC2)c1. The quantitative estimate of drug-likeness (QED) is 0.723. The summed E-state index contributed by atoms with van der Waals surface area (Å²) < 4.78 is 0. The molecular formula is C13H17N3. The van der Waals surface area contributed by atoms with Crippen molar-refractivity contribution < 1.29 is 0 Å². The third-order valence-electron chi connectivity index (χ3n) is 3.05. The third kappa shape index (κ3) is 2.73. The number of nitrogens with zero attached hydrogens (tertiary/aromatic N) is 3. The number of nitriles is 1. The van der Waals surface area contributed by atoms with Crippen molar-refractivity contribution in [2.45, 2.75) is 32.1 Å². The highest BCUT2D eigenvalue weighted by Crippen LogP contribution is 2.17. The van der Waals surface area contributed by atoms with E-state index in [1.807, 2.05) is 6.07 Å². The standard InChI is InChI=1S/C13H17N3/c14-11-12-6-7-15-13(10-12)16-8-4-2-1-3-5-9-16/h6-7,10H,1-5,8-9H2. The van der Waals surface area contributed by atoms with Crippen molar-refractivity contribution in [2.75, 3.05) is 18.0 Å². The van der Waals surface area contributed by atoms with Crippen LogP contribution < -0.4 is 4.90 Å². The second-order valence-corrected chi connectivity index (χ2v) is 4.27. The molecule has 3 nitrogen and oxygen atoms in total. The Bertz CT molecular complexity index is 373. The average molecular weight is 215 g/mol. The van der Waals surface area contributed by atoms with E-state index in [-0.39, 0.29) is 0 Å². The molecule has 0 unspecified atom stereocenters. The lowest BCUT2D eigenvalue weighted by Crippen LogP contribution is -2.27. The molecule has 3 heteroatoms. The molecular weight excluding hydrogens is 198 g/mol. The van der Waals surface area contributed by atoms with Crippen molar-refractivity contribution in [1.82, 2.24) is 4.98 Å². The molecule has 1 fully saturated rings. The lowest BCUT2D eigenvalue weighted by atomic mass is 10.1. The molecule has 1 saturated heterocycles. The maximum Gasteiger partial charge on any atom is 0.129 e. The Hall–Kier alpha value is -1.56. The smallest absolute Gasteiger partial charge is 0.129 e. The Morgan fingerprint density at radius 2 is 1.81 bits per heavy atom. The first-order valence-electron chi connectivity index (χ1n) is 6.01. The van der Waals surface area contributed by atoms with Gasteiger partial charge in [-0.15, -0.1) is 0 Å². The lowest BCUT2D eigenvalue weighted by Gasteiger charge is -2.25. The molecule has 0 aliphatic carbocycles. The fraction of sp³-hybridized carbons (Fsp3) is 0.538. The molecule has 84 valence electrons. The summed E-state index contributed by atoms with van der Waals surface area (Å²) in [6, 6.07) is 5.82. The van der Waals surface area contributed by atoms with Crippen LogP contribution in [0.15, 0.2) is 18.3 Å². The van der Waals surface area contributed by atoms with Gasteiger partial charge in [0.05, 0.1) is 11.6 Å². The summed E-state index contributed by atoms with van der Waals surface area (Å²) in [6.45, 7) is 2.14. The Morgan fingerprint density at radius 1 is 1.12 bits per heavy atom. The largest absolute Gasteiger partial charge is 0.357 e. The van der Waals surface area contributed by atoms with E-state index in [1.165, 1.54) is 32.1 Å². The Kier molecular flexibility index (Phi) is 3.76. The fourth-order valence-corrected chi connectivity index (χ4v) is 2.14. The van der Waals surface area contributed by atoms with Gasteiger partial charge in [-0.05, 0) is 25.0 Å². The molecule has 1 aromatic heterocycles. The number of rotatable bonds is 1. The van der Waals surface area contributed by atoms with E-state index in [4.69, 9.17) is 5.26 Å². The van der Waals surface area contributed by atoms with Gasteiger partial charge in [0.15, 0.2) is 0 Å². The minimum absolute atomic E-state index is 0.701. The summed E-state index contributed by atoms with van der Waals surface area (Å²) in [5.41, 5.74) is 0.701. The summed E-state index contributed by atoms with van der Waals surface area (Å²) in [5.74, 6) is 0.959. The van der Waals surface area contributed by atoms with E-state index in [1.54, 1.807) is 12.3 Å². The van der Waals surface area contributed by atoms with Gasteiger partial charge in [0.1, 0.15) is 5.82 Å². The van der Waals surface area contributed by atoms with Gasteiger partial charge >= 0.3 is 0 Å². The van der Waals surface area contributed by atoms with Crippen LogP contribution in [-0.4, -0.2) is 18.1 Å². The third-order valence-corrected chi connectivity index (χ3v) is 3.05. The molecule has 0 amide bonds. The minimum Gasteiger partial charge on any atom is -0.357 e. The molecule has 0 aromatic carbocycles. The zero-order chi connectivity index (χ0) is 11.2. The molecule has 1 aliphatic rings. The highest BCUT2D eigenvalue weighted by molar-refractivity contribution is 5.44. The molecule has 2 rings (SSSR count).